The van der Waals surface area contributed by atoms with Gasteiger partial charge in [-0.2, -0.15) is 0 Å². The second-order valence-electron chi connectivity index (χ2n) is 5.74. The first kappa shape index (κ1) is 11.9. The third-order valence-electron chi connectivity index (χ3n) is 4.54. The van der Waals surface area contributed by atoms with Crippen LogP contribution in [0.25, 0.3) is 0 Å². The topological polar surface area (TPSA) is 46.5 Å². The number of hydrogen-bond donors (Lipinski definition) is 1. The fourth-order valence-electron chi connectivity index (χ4n) is 3.13. The fourth-order valence-corrected chi connectivity index (χ4v) is 3.13. The van der Waals surface area contributed by atoms with Crippen molar-refractivity contribution in [2.24, 2.45) is 17.8 Å². The molecule has 0 aliphatic heterocycles. The van der Waals surface area contributed by atoms with Crippen molar-refractivity contribution in [3.8, 4) is 0 Å². The van der Waals surface area contributed by atoms with Crippen molar-refractivity contribution < 1.29 is 14.6 Å². The van der Waals surface area contributed by atoms with Crippen molar-refractivity contribution in [2.45, 2.75) is 58.2 Å². The minimum absolute atomic E-state index is 0.0131. The molecule has 2 fully saturated rings. The van der Waals surface area contributed by atoms with Crippen molar-refractivity contribution in [2.75, 3.05) is 0 Å². The van der Waals surface area contributed by atoms with E-state index in [0.29, 0.717) is 11.8 Å². The van der Waals surface area contributed by atoms with Gasteiger partial charge < -0.3 is 9.84 Å². The van der Waals surface area contributed by atoms with Crippen molar-refractivity contribution in [3.05, 3.63) is 0 Å². The van der Waals surface area contributed by atoms with E-state index in [0.717, 1.165) is 25.7 Å². The number of aliphatic hydroxyl groups is 1. The van der Waals surface area contributed by atoms with Crippen molar-refractivity contribution in [1.82, 2.24) is 0 Å². The van der Waals surface area contributed by atoms with E-state index < -0.39 is 0 Å². The molecule has 5 atom stereocenters. The lowest BCUT2D eigenvalue weighted by molar-refractivity contribution is -0.170. The highest BCUT2D eigenvalue weighted by atomic mass is 16.6. The largest absolute Gasteiger partial charge is 0.459 e. The number of aliphatic hydroxyl groups excluding tert-OH is 1. The van der Waals surface area contributed by atoms with E-state index in [1.807, 2.05) is 20.8 Å². The molecule has 3 heteroatoms. The quantitative estimate of drug-likeness (QED) is 0.750. The summed E-state index contributed by atoms with van der Waals surface area (Å²) in [5.74, 6) is 0.619. The first-order valence-corrected chi connectivity index (χ1v) is 6.37. The number of esters is 1. The monoisotopic (exact) mass is 226 g/mol. The highest BCUT2D eigenvalue weighted by Gasteiger charge is 2.54. The van der Waals surface area contributed by atoms with Gasteiger partial charge in [-0.05, 0) is 38.5 Å². The van der Waals surface area contributed by atoms with Gasteiger partial charge in [0.05, 0.1) is 12.0 Å². The van der Waals surface area contributed by atoms with Crippen LogP contribution in [0, 0.1) is 17.8 Å². The summed E-state index contributed by atoms with van der Waals surface area (Å²) < 4.78 is 5.68. The average Bonchev–Trinajstić information content (AvgIpc) is 2.72. The molecule has 0 radical (unpaired) electrons. The van der Waals surface area contributed by atoms with Crippen LogP contribution in [0.3, 0.4) is 0 Å². The van der Waals surface area contributed by atoms with Crippen molar-refractivity contribution in [3.63, 3.8) is 0 Å². The van der Waals surface area contributed by atoms with Gasteiger partial charge >= 0.3 is 5.97 Å². The molecule has 2 rings (SSSR count). The van der Waals surface area contributed by atoms with E-state index in [1.54, 1.807) is 0 Å². The smallest absolute Gasteiger partial charge is 0.309 e. The molecule has 16 heavy (non-hydrogen) atoms. The van der Waals surface area contributed by atoms with Gasteiger partial charge in [-0.15, -0.1) is 0 Å². The van der Waals surface area contributed by atoms with Gasteiger partial charge in [0.25, 0.3) is 0 Å². The maximum atomic E-state index is 11.8. The minimum atomic E-state index is -0.315. The number of carbonyl (C=O) groups excluding carboxylic acids is 1. The summed E-state index contributed by atoms with van der Waals surface area (Å²) in [7, 11) is 0. The molecule has 5 unspecified atom stereocenters. The van der Waals surface area contributed by atoms with E-state index in [4.69, 9.17) is 4.74 Å². The summed E-state index contributed by atoms with van der Waals surface area (Å²) in [6.07, 6.45) is 3.31. The van der Waals surface area contributed by atoms with Crippen LogP contribution < -0.4 is 0 Å². The number of fused-ring (bicyclic) bond motifs is 2. The highest BCUT2D eigenvalue weighted by Crippen LogP contribution is 2.52. The van der Waals surface area contributed by atoms with E-state index in [9.17, 15) is 9.90 Å². The molecule has 0 amide bonds. The molecule has 0 heterocycles. The summed E-state index contributed by atoms with van der Waals surface area (Å²) in [4.78, 5) is 11.8. The van der Waals surface area contributed by atoms with Crippen LogP contribution in [0.4, 0.5) is 0 Å². The Morgan fingerprint density at radius 2 is 2.25 bits per heavy atom. The number of rotatable bonds is 3. The third kappa shape index (κ3) is 1.86. The van der Waals surface area contributed by atoms with Gasteiger partial charge in [-0.1, -0.05) is 13.8 Å². The molecule has 2 aliphatic rings. The molecule has 0 aromatic rings. The zero-order chi connectivity index (χ0) is 11.9. The summed E-state index contributed by atoms with van der Waals surface area (Å²) >= 11 is 0. The Morgan fingerprint density at radius 1 is 1.56 bits per heavy atom. The minimum Gasteiger partial charge on any atom is -0.459 e. The molecule has 2 saturated carbocycles. The first-order valence-electron chi connectivity index (χ1n) is 6.37. The summed E-state index contributed by atoms with van der Waals surface area (Å²) in [6, 6.07) is 0. The molecule has 1 N–H and O–H groups in total. The zero-order valence-corrected chi connectivity index (χ0v) is 10.4. The number of ether oxygens (including phenoxy) is 1. The first-order chi connectivity index (χ1) is 7.46. The Bertz CT molecular complexity index is 287. The lowest BCUT2D eigenvalue weighted by Crippen LogP contribution is -2.41. The van der Waals surface area contributed by atoms with Gasteiger partial charge in [-0.3, -0.25) is 4.79 Å². The molecule has 0 spiro atoms. The average molecular weight is 226 g/mol. The molecule has 0 aromatic carbocycles. The van der Waals surface area contributed by atoms with Gasteiger partial charge in [0.2, 0.25) is 0 Å². The van der Waals surface area contributed by atoms with E-state index in [-0.39, 0.29) is 23.6 Å². The SMILES string of the molecule is CCC(C)C(=O)OC1(C)CC2CC1CC2O. The van der Waals surface area contributed by atoms with Crippen LogP contribution in [-0.4, -0.2) is 22.8 Å². The Hall–Kier alpha value is -0.570. The highest BCUT2D eigenvalue weighted by molar-refractivity contribution is 5.72. The summed E-state index contributed by atoms with van der Waals surface area (Å²) in [5.41, 5.74) is -0.315. The maximum Gasteiger partial charge on any atom is 0.309 e. The molecule has 92 valence electrons. The van der Waals surface area contributed by atoms with Crippen LogP contribution in [0.2, 0.25) is 0 Å². The maximum absolute atomic E-state index is 11.8. The molecule has 0 aromatic heterocycles. The van der Waals surface area contributed by atoms with Crippen molar-refractivity contribution in [1.29, 1.82) is 0 Å². The lowest BCUT2D eigenvalue weighted by atomic mass is 9.84. The van der Waals surface area contributed by atoms with Crippen LogP contribution in [-0.2, 0) is 9.53 Å². The second kappa shape index (κ2) is 4.02. The molecule has 2 bridgehead atoms. The van der Waals surface area contributed by atoms with Crippen LogP contribution in [0.1, 0.15) is 46.5 Å². The van der Waals surface area contributed by atoms with Gasteiger partial charge in [-0.25, -0.2) is 0 Å². The molecule has 3 nitrogen and oxygen atoms in total. The summed E-state index contributed by atoms with van der Waals surface area (Å²) in [5, 5.41) is 9.70. The molecule has 0 saturated heterocycles. The Morgan fingerprint density at radius 3 is 2.69 bits per heavy atom. The van der Waals surface area contributed by atoms with E-state index >= 15 is 0 Å². The zero-order valence-electron chi connectivity index (χ0n) is 10.4. The van der Waals surface area contributed by atoms with Crippen molar-refractivity contribution >= 4 is 5.97 Å². The molecular weight excluding hydrogens is 204 g/mol. The Kier molecular flexibility index (Phi) is 2.99. The Balaban J connectivity index is 1.98. The van der Waals surface area contributed by atoms with Gasteiger partial charge in [0.1, 0.15) is 5.60 Å². The normalized spacial score (nSPS) is 43.4. The Labute approximate surface area is 97.2 Å². The lowest BCUT2D eigenvalue weighted by Gasteiger charge is -2.36. The number of carbonyl (C=O) groups is 1. The fraction of sp³-hybridized carbons (Fsp3) is 0.923. The standard InChI is InChI=1S/C13H22O3/c1-4-8(2)12(15)16-13(3)7-9-5-10(13)6-11(9)14/h8-11,14H,4-7H2,1-3H3. The van der Waals surface area contributed by atoms with Gasteiger partial charge in [0.15, 0.2) is 0 Å². The van der Waals surface area contributed by atoms with Crippen LogP contribution in [0.15, 0.2) is 0 Å². The second-order valence-corrected chi connectivity index (χ2v) is 5.74. The predicted octanol–water partition coefficient (Wildman–Crippen LogP) is 2.13. The van der Waals surface area contributed by atoms with Crippen LogP contribution in [0.5, 0.6) is 0 Å². The van der Waals surface area contributed by atoms with Crippen LogP contribution >= 0.6 is 0 Å². The predicted molar refractivity (Wildman–Crippen MR) is 60.8 cm³/mol. The molecular formula is C13H22O3. The van der Waals surface area contributed by atoms with E-state index in [1.165, 1.54) is 0 Å². The number of hydrogen-bond acceptors (Lipinski definition) is 3. The molecule has 2 aliphatic carbocycles. The van der Waals surface area contributed by atoms with Gasteiger partial charge in [0, 0.05) is 5.92 Å². The summed E-state index contributed by atoms with van der Waals surface area (Å²) in [6.45, 7) is 5.94. The third-order valence-corrected chi connectivity index (χ3v) is 4.54. The van der Waals surface area contributed by atoms with E-state index in [2.05, 4.69) is 0 Å².